The number of hydrogen-bond acceptors (Lipinski definition) is 3. The van der Waals surface area contributed by atoms with E-state index < -0.39 is 6.09 Å². The van der Waals surface area contributed by atoms with E-state index in [-0.39, 0.29) is 6.04 Å². The number of carbonyl (C=O) groups is 1. The number of nitrogens with zero attached hydrogens (tertiary/aromatic N) is 2. The molecule has 2 unspecified atom stereocenters. The van der Waals surface area contributed by atoms with Crippen LogP contribution in [0.1, 0.15) is 29.3 Å². The number of aromatic nitrogens is 1. The van der Waals surface area contributed by atoms with Gasteiger partial charge in [-0.3, -0.25) is 0 Å². The number of piperidine rings is 1. The minimum absolute atomic E-state index is 0.0151. The van der Waals surface area contributed by atoms with Crippen molar-refractivity contribution in [3.8, 4) is 11.3 Å². The van der Waals surface area contributed by atoms with Gasteiger partial charge in [0.15, 0.2) is 0 Å². The largest absolute Gasteiger partial charge is 0.465 e. The molecule has 0 saturated carbocycles. The number of carboxylic acid groups (broad SMARTS) is 1. The van der Waals surface area contributed by atoms with Crippen molar-refractivity contribution in [3.05, 3.63) is 75.0 Å². The van der Waals surface area contributed by atoms with Gasteiger partial charge in [0.25, 0.3) is 0 Å². The Kier molecular flexibility index (Phi) is 5.78. The lowest BCUT2D eigenvalue weighted by Gasteiger charge is -2.37. The van der Waals surface area contributed by atoms with E-state index in [9.17, 15) is 9.90 Å². The number of benzene rings is 2. The summed E-state index contributed by atoms with van der Waals surface area (Å²) in [6.07, 6.45) is 1.56. The Morgan fingerprint density at radius 2 is 1.93 bits per heavy atom. The van der Waals surface area contributed by atoms with Crippen molar-refractivity contribution >= 4 is 33.4 Å². The number of hydrogen-bond donors (Lipinski definition) is 1. The average Bonchev–Trinajstić information content (AvgIpc) is 3.19. The van der Waals surface area contributed by atoms with Gasteiger partial charge in [-0.25, -0.2) is 9.78 Å². The predicted octanol–water partition coefficient (Wildman–Crippen LogP) is 6.04. The summed E-state index contributed by atoms with van der Waals surface area (Å²) in [4.78, 5) is 18.2. The van der Waals surface area contributed by atoms with Gasteiger partial charge in [0, 0.05) is 33.9 Å². The molecule has 1 aromatic heterocycles. The minimum atomic E-state index is -0.825. The molecule has 1 aliphatic rings. The Morgan fingerprint density at radius 3 is 2.64 bits per heavy atom. The Labute approximate surface area is 177 Å². The highest BCUT2D eigenvalue weighted by Crippen LogP contribution is 2.36. The number of amides is 1. The van der Waals surface area contributed by atoms with Gasteiger partial charge in [-0.15, -0.1) is 11.3 Å². The molecule has 2 aromatic carbocycles. The number of rotatable bonds is 4. The maximum atomic E-state index is 11.7. The smallest absolute Gasteiger partial charge is 0.407 e. The summed E-state index contributed by atoms with van der Waals surface area (Å²) in [6, 6.07) is 18.3. The van der Waals surface area contributed by atoms with Crippen LogP contribution in [0.3, 0.4) is 0 Å². The number of likely N-dealkylation sites (tertiary alicyclic amines) is 1. The van der Waals surface area contributed by atoms with Crippen LogP contribution in [0.5, 0.6) is 0 Å². The fraction of sp³-hybridized carbons (Fsp3) is 0.273. The molecule has 1 fully saturated rings. The van der Waals surface area contributed by atoms with E-state index in [0.29, 0.717) is 12.5 Å². The third kappa shape index (κ3) is 4.28. The summed E-state index contributed by atoms with van der Waals surface area (Å²) >= 11 is 5.15. The molecule has 3 aromatic rings. The highest BCUT2D eigenvalue weighted by molar-refractivity contribution is 9.10. The summed E-state index contributed by atoms with van der Waals surface area (Å²) < 4.78 is 1.05. The van der Waals surface area contributed by atoms with E-state index in [1.54, 1.807) is 16.2 Å². The molecule has 1 aliphatic heterocycles. The van der Waals surface area contributed by atoms with Crippen LogP contribution < -0.4 is 0 Å². The first-order chi connectivity index (χ1) is 13.6. The maximum Gasteiger partial charge on any atom is 0.407 e. The molecule has 0 bridgehead atoms. The van der Waals surface area contributed by atoms with Crippen LogP contribution in [0.25, 0.3) is 11.3 Å². The van der Waals surface area contributed by atoms with Crippen molar-refractivity contribution in [2.45, 2.75) is 31.2 Å². The van der Waals surface area contributed by atoms with Crippen molar-refractivity contribution in [2.24, 2.45) is 0 Å². The monoisotopic (exact) mass is 456 g/mol. The van der Waals surface area contributed by atoms with Crippen molar-refractivity contribution in [1.29, 1.82) is 0 Å². The molecule has 28 heavy (non-hydrogen) atoms. The zero-order valence-electron chi connectivity index (χ0n) is 15.3. The molecule has 0 spiro atoms. The van der Waals surface area contributed by atoms with Crippen molar-refractivity contribution in [1.82, 2.24) is 9.88 Å². The van der Waals surface area contributed by atoms with Gasteiger partial charge >= 0.3 is 6.09 Å². The third-order valence-electron chi connectivity index (χ3n) is 5.29. The van der Waals surface area contributed by atoms with E-state index >= 15 is 0 Å². The van der Waals surface area contributed by atoms with Gasteiger partial charge in [-0.05, 0) is 37.0 Å². The maximum absolute atomic E-state index is 11.7. The average molecular weight is 457 g/mol. The van der Waals surface area contributed by atoms with Crippen LogP contribution in [0.4, 0.5) is 4.79 Å². The van der Waals surface area contributed by atoms with Crippen LogP contribution in [-0.4, -0.2) is 33.7 Å². The molecule has 4 rings (SSSR count). The van der Waals surface area contributed by atoms with E-state index in [1.165, 1.54) is 5.56 Å². The Morgan fingerprint density at radius 1 is 1.18 bits per heavy atom. The van der Waals surface area contributed by atoms with Gasteiger partial charge in [0.2, 0.25) is 0 Å². The molecule has 2 heterocycles. The van der Waals surface area contributed by atoms with E-state index in [2.05, 4.69) is 45.6 Å². The molecule has 1 N–H and O–H groups in total. The normalized spacial score (nSPS) is 19.5. The van der Waals surface area contributed by atoms with Crippen LogP contribution in [-0.2, 0) is 6.42 Å². The molecular weight excluding hydrogens is 436 g/mol. The van der Waals surface area contributed by atoms with Gasteiger partial charge in [0.1, 0.15) is 0 Å². The quantitative estimate of drug-likeness (QED) is 0.520. The van der Waals surface area contributed by atoms with Crippen molar-refractivity contribution in [3.63, 3.8) is 0 Å². The summed E-state index contributed by atoms with van der Waals surface area (Å²) in [5.41, 5.74) is 3.27. The molecule has 6 heteroatoms. The molecule has 144 valence electrons. The second kappa shape index (κ2) is 8.45. The lowest BCUT2D eigenvalue weighted by Crippen LogP contribution is -2.46. The first-order valence-electron chi connectivity index (χ1n) is 9.35. The van der Waals surface area contributed by atoms with Crippen LogP contribution in [0, 0.1) is 0 Å². The van der Waals surface area contributed by atoms with E-state index in [4.69, 9.17) is 4.98 Å². The molecule has 1 amide bonds. The summed E-state index contributed by atoms with van der Waals surface area (Å²) in [7, 11) is 0. The molecule has 1 saturated heterocycles. The Hall–Kier alpha value is -2.18. The summed E-state index contributed by atoms with van der Waals surface area (Å²) in [5, 5.41) is 12.8. The SMILES string of the molecule is O=C(O)N1CCC(c2nc(-c3ccc(Br)cc3)cs2)CC1Cc1ccccc1. The van der Waals surface area contributed by atoms with Gasteiger partial charge < -0.3 is 10.0 Å². The van der Waals surface area contributed by atoms with Gasteiger partial charge in [-0.1, -0.05) is 58.4 Å². The summed E-state index contributed by atoms with van der Waals surface area (Å²) in [6.45, 7) is 0.560. The number of thiazole rings is 1. The molecular formula is C22H21BrN2O2S. The standard InChI is InChI=1S/C22H21BrN2O2S/c23-18-8-6-16(7-9-18)20-14-28-21(24-20)17-10-11-25(22(26)27)19(13-17)12-15-4-2-1-3-5-15/h1-9,14,17,19H,10-13H2,(H,26,27). The van der Waals surface area contributed by atoms with Crippen LogP contribution >= 0.6 is 27.3 Å². The molecule has 2 atom stereocenters. The van der Waals surface area contributed by atoms with Gasteiger partial charge in [0.05, 0.1) is 10.7 Å². The third-order valence-corrected chi connectivity index (χ3v) is 6.82. The first-order valence-corrected chi connectivity index (χ1v) is 11.0. The second-order valence-corrected chi connectivity index (χ2v) is 8.92. The van der Waals surface area contributed by atoms with E-state index in [1.807, 2.05) is 30.3 Å². The topological polar surface area (TPSA) is 53.4 Å². The Balaban J connectivity index is 1.52. The fourth-order valence-electron chi connectivity index (χ4n) is 3.84. The van der Waals surface area contributed by atoms with Crippen molar-refractivity contribution < 1.29 is 9.90 Å². The van der Waals surface area contributed by atoms with E-state index in [0.717, 1.165) is 40.0 Å². The zero-order chi connectivity index (χ0) is 19.5. The highest BCUT2D eigenvalue weighted by Gasteiger charge is 2.33. The summed E-state index contributed by atoms with van der Waals surface area (Å²) in [5.74, 6) is 0.304. The lowest BCUT2D eigenvalue weighted by atomic mass is 9.88. The van der Waals surface area contributed by atoms with Crippen molar-refractivity contribution in [2.75, 3.05) is 6.54 Å². The first kappa shape index (κ1) is 19.2. The fourth-order valence-corrected chi connectivity index (χ4v) is 5.08. The lowest BCUT2D eigenvalue weighted by molar-refractivity contribution is 0.101. The highest BCUT2D eigenvalue weighted by atomic mass is 79.9. The molecule has 0 aliphatic carbocycles. The minimum Gasteiger partial charge on any atom is -0.465 e. The second-order valence-electron chi connectivity index (χ2n) is 7.12. The Bertz CT molecular complexity index is 943. The number of halogens is 1. The predicted molar refractivity (Wildman–Crippen MR) is 116 cm³/mol. The van der Waals surface area contributed by atoms with Gasteiger partial charge in [-0.2, -0.15) is 0 Å². The zero-order valence-corrected chi connectivity index (χ0v) is 17.7. The van der Waals surface area contributed by atoms with Crippen LogP contribution in [0.2, 0.25) is 0 Å². The molecule has 4 nitrogen and oxygen atoms in total. The molecule has 0 radical (unpaired) electrons. The van der Waals surface area contributed by atoms with Crippen LogP contribution in [0.15, 0.2) is 64.5 Å².